The highest BCUT2D eigenvalue weighted by atomic mass is 16.5. The van der Waals surface area contributed by atoms with Crippen LogP contribution in [0.2, 0.25) is 0 Å². The highest BCUT2D eigenvalue weighted by Gasteiger charge is 2.34. The van der Waals surface area contributed by atoms with Crippen molar-refractivity contribution in [1.29, 1.82) is 0 Å². The van der Waals surface area contributed by atoms with Gasteiger partial charge in [-0.3, -0.25) is 9.69 Å². The molecule has 0 radical (unpaired) electrons. The molecule has 1 aliphatic carbocycles. The van der Waals surface area contributed by atoms with E-state index in [0.717, 1.165) is 50.0 Å². The Hall–Kier alpha value is -1.59. The van der Waals surface area contributed by atoms with Crippen LogP contribution >= 0.6 is 0 Å². The molecule has 0 bridgehead atoms. The number of benzene rings is 1. The molecule has 0 aromatic heterocycles. The van der Waals surface area contributed by atoms with E-state index in [4.69, 9.17) is 4.74 Å². The number of nitrogens with zero attached hydrogens (tertiary/aromatic N) is 1. The second-order valence-electron chi connectivity index (χ2n) is 7.43. The number of aliphatic hydroxyl groups is 1. The lowest BCUT2D eigenvalue weighted by Crippen LogP contribution is -2.50. The van der Waals surface area contributed by atoms with Crippen LogP contribution in [0, 0.1) is 5.92 Å². The van der Waals surface area contributed by atoms with Gasteiger partial charge >= 0.3 is 0 Å². The monoisotopic (exact) mass is 346 g/mol. The standard InChI is InChI=1S/C20H30N2O3/c1-14(23)18-5-3-4-12-22(18)13-19(24)21-20(15-6-7-15)16-8-10-17(25-2)11-9-16/h8-11,14-15,18,20,23H,3-7,12-13H2,1-2H3,(H,21,24). The molecule has 2 fully saturated rings. The van der Waals surface area contributed by atoms with Crippen LogP contribution in [0.4, 0.5) is 0 Å². The molecule has 3 rings (SSSR count). The van der Waals surface area contributed by atoms with Crippen molar-refractivity contribution in [2.75, 3.05) is 20.2 Å². The summed E-state index contributed by atoms with van der Waals surface area (Å²) < 4.78 is 5.22. The summed E-state index contributed by atoms with van der Waals surface area (Å²) in [6, 6.07) is 8.16. The molecule has 2 N–H and O–H groups in total. The van der Waals surface area contributed by atoms with Gasteiger partial charge in [-0.25, -0.2) is 0 Å². The van der Waals surface area contributed by atoms with Crippen molar-refractivity contribution in [2.45, 2.75) is 57.2 Å². The third-order valence-electron chi connectivity index (χ3n) is 5.45. The summed E-state index contributed by atoms with van der Waals surface area (Å²) in [6.07, 6.45) is 5.13. The first-order valence-corrected chi connectivity index (χ1v) is 9.44. The number of carbonyl (C=O) groups is 1. The number of rotatable bonds is 7. The van der Waals surface area contributed by atoms with Crippen molar-refractivity contribution in [1.82, 2.24) is 10.2 Å². The van der Waals surface area contributed by atoms with Crippen molar-refractivity contribution in [3.05, 3.63) is 29.8 Å². The predicted octanol–water partition coefficient (Wildman–Crippen LogP) is 2.50. The lowest BCUT2D eigenvalue weighted by atomic mass is 9.98. The SMILES string of the molecule is COc1ccc(C(NC(=O)CN2CCCCC2C(C)O)C2CC2)cc1. The predicted molar refractivity (Wildman–Crippen MR) is 97.5 cm³/mol. The Bertz CT molecular complexity index is 569. The average Bonchev–Trinajstić information content (AvgIpc) is 3.45. The van der Waals surface area contributed by atoms with E-state index in [2.05, 4.69) is 10.2 Å². The second-order valence-corrected chi connectivity index (χ2v) is 7.43. The first kappa shape index (κ1) is 18.2. The van der Waals surface area contributed by atoms with Crippen LogP contribution in [0.25, 0.3) is 0 Å². The van der Waals surface area contributed by atoms with Gasteiger partial charge in [0.2, 0.25) is 5.91 Å². The van der Waals surface area contributed by atoms with Gasteiger partial charge in [-0.05, 0) is 62.8 Å². The number of nitrogens with one attached hydrogen (secondary N) is 1. The normalized spacial score (nSPS) is 23.7. The van der Waals surface area contributed by atoms with Crippen LogP contribution in [0.5, 0.6) is 5.75 Å². The molecule has 3 atom stereocenters. The minimum atomic E-state index is -0.395. The molecule has 1 aromatic carbocycles. The van der Waals surface area contributed by atoms with E-state index in [9.17, 15) is 9.90 Å². The lowest BCUT2D eigenvalue weighted by molar-refractivity contribution is -0.124. The summed E-state index contributed by atoms with van der Waals surface area (Å²) in [5, 5.41) is 13.2. The zero-order chi connectivity index (χ0) is 17.8. The highest BCUT2D eigenvalue weighted by Crippen LogP contribution is 2.41. The van der Waals surface area contributed by atoms with Gasteiger partial charge in [0.25, 0.3) is 0 Å². The quantitative estimate of drug-likeness (QED) is 0.796. The fraction of sp³-hybridized carbons (Fsp3) is 0.650. The zero-order valence-corrected chi connectivity index (χ0v) is 15.3. The molecule has 2 aliphatic rings. The van der Waals surface area contributed by atoms with Crippen molar-refractivity contribution in [3.8, 4) is 5.75 Å². The molecule has 1 aromatic rings. The Morgan fingerprint density at radius 1 is 1.28 bits per heavy atom. The van der Waals surface area contributed by atoms with Gasteiger partial charge in [0.05, 0.1) is 25.8 Å². The maximum absolute atomic E-state index is 12.7. The summed E-state index contributed by atoms with van der Waals surface area (Å²) in [4.78, 5) is 14.8. The summed E-state index contributed by atoms with van der Waals surface area (Å²) in [6.45, 7) is 3.08. The maximum atomic E-state index is 12.7. The number of piperidine rings is 1. The maximum Gasteiger partial charge on any atom is 0.234 e. The van der Waals surface area contributed by atoms with E-state index in [-0.39, 0.29) is 18.0 Å². The van der Waals surface area contributed by atoms with E-state index >= 15 is 0 Å². The van der Waals surface area contributed by atoms with E-state index in [0.29, 0.717) is 12.5 Å². The number of hydrogen-bond acceptors (Lipinski definition) is 4. The van der Waals surface area contributed by atoms with Gasteiger partial charge in [0, 0.05) is 6.04 Å². The van der Waals surface area contributed by atoms with E-state index in [1.54, 1.807) is 7.11 Å². The van der Waals surface area contributed by atoms with Crippen molar-refractivity contribution in [2.24, 2.45) is 5.92 Å². The smallest absolute Gasteiger partial charge is 0.234 e. The summed E-state index contributed by atoms with van der Waals surface area (Å²) in [5.74, 6) is 1.42. The number of aliphatic hydroxyl groups excluding tert-OH is 1. The Kier molecular flexibility index (Phi) is 5.97. The third-order valence-corrected chi connectivity index (χ3v) is 5.45. The summed E-state index contributed by atoms with van der Waals surface area (Å²) in [5.41, 5.74) is 1.14. The molecule has 1 saturated heterocycles. The van der Waals surface area contributed by atoms with E-state index in [1.165, 1.54) is 0 Å². The summed E-state index contributed by atoms with van der Waals surface area (Å²) in [7, 11) is 1.66. The van der Waals surface area contributed by atoms with Crippen LogP contribution < -0.4 is 10.1 Å². The largest absolute Gasteiger partial charge is 0.497 e. The molecule has 1 saturated carbocycles. The van der Waals surface area contributed by atoms with Crippen LogP contribution in [0.1, 0.15) is 50.6 Å². The van der Waals surface area contributed by atoms with Crippen LogP contribution in [0.15, 0.2) is 24.3 Å². The fourth-order valence-corrected chi connectivity index (χ4v) is 3.88. The number of carbonyl (C=O) groups excluding carboxylic acids is 1. The summed E-state index contributed by atoms with van der Waals surface area (Å²) >= 11 is 0. The molecule has 138 valence electrons. The first-order valence-electron chi connectivity index (χ1n) is 9.44. The average molecular weight is 346 g/mol. The third kappa shape index (κ3) is 4.73. The second kappa shape index (κ2) is 8.19. The molecule has 1 amide bonds. The van der Waals surface area contributed by atoms with Gasteiger partial charge in [-0.2, -0.15) is 0 Å². The Morgan fingerprint density at radius 2 is 2.00 bits per heavy atom. The number of ether oxygens (including phenoxy) is 1. The highest BCUT2D eigenvalue weighted by molar-refractivity contribution is 5.78. The van der Waals surface area contributed by atoms with Crippen LogP contribution in [-0.4, -0.2) is 48.3 Å². The minimum absolute atomic E-state index is 0.0558. The molecule has 1 aliphatic heterocycles. The van der Waals surface area contributed by atoms with Crippen LogP contribution in [0.3, 0.4) is 0 Å². The molecule has 0 spiro atoms. The lowest BCUT2D eigenvalue weighted by Gasteiger charge is -2.37. The zero-order valence-electron chi connectivity index (χ0n) is 15.3. The molecular weight excluding hydrogens is 316 g/mol. The van der Waals surface area contributed by atoms with Gasteiger partial charge in [0.1, 0.15) is 5.75 Å². The number of methoxy groups -OCH3 is 1. The molecular formula is C20H30N2O3. The van der Waals surface area contributed by atoms with Gasteiger partial charge in [0.15, 0.2) is 0 Å². The van der Waals surface area contributed by atoms with Crippen molar-refractivity contribution >= 4 is 5.91 Å². The molecule has 5 heteroatoms. The van der Waals surface area contributed by atoms with Gasteiger partial charge in [-0.1, -0.05) is 18.6 Å². The van der Waals surface area contributed by atoms with Gasteiger partial charge < -0.3 is 15.2 Å². The molecule has 25 heavy (non-hydrogen) atoms. The van der Waals surface area contributed by atoms with E-state index in [1.807, 2.05) is 31.2 Å². The minimum Gasteiger partial charge on any atom is -0.497 e. The topological polar surface area (TPSA) is 61.8 Å². The van der Waals surface area contributed by atoms with Crippen molar-refractivity contribution in [3.63, 3.8) is 0 Å². The fourth-order valence-electron chi connectivity index (χ4n) is 3.88. The number of amides is 1. The van der Waals surface area contributed by atoms with E-state index < -0.39 is 6.10 Å². The Balaban J connectivity index is 1.62. The molecule has 3 unspecified atom stereocenters. The number of hydrogen-bond donors (Lipinski definition) is 2. The Labute approximate surface area is 150 Å². The van der Waals surface area contributed by atoms with Gasteiger partial charge in [-0.15, -0.1) is 0 Å². The molecule has 1 heterocycles. The Morgan fingerprint density at radius 3 is 2.60 bits per heavy atom. The van der Waals surface area contributed by atoms with Crippen molar-refractivity contribution < 1.29 is 14.6 Å². The first-order chi connectivity index (χ1) is 12.1. The number of likely N-dealkylation sites (tertiary alicyclic amines) is 1. The van der Waals surface area contributed by atoms with Crippen LogP contribution in [-0.2, 0) is 4.79 Å². The molecule has 5 nitrogen and oxygen atoms in total.